The highest BCUT2D eigenvalue weighted by molar-refractivity contribution is 8.18. The van der Waals surface area contributed by atoms with Crippen molar-refractivity contribution >= 4 is 38.9 Å². The van der Waals surface area contributed by atoms with Crippen molar-refractivity contribution in [2.45, 2.75) is 16.2 Å². The Kier molecular flexibility index (Phi) is 4.73. The number of rotatable bonds is 2. The van der Waals surface area contributed by atoms with Gasteiger partial charge in [-0.05, 0) is 41.8 Å². The van der Waals surface area contributed by atoms with Gasteiger partial charge >= 0.3 is 11.9 Å². The molecule has 4 nitrogen and oxygen atoms in total. The molecule has 24 heavy (non-hydrogen) atoms. The number of fused-ring (bicyclic) bond motifs is 2. The maximum absolute atomic E-state index is 12.3. The van der Waals surface area contributed by atoms with Gasteiger partial charge in [-0.15, -0.1) is 10.5 Å². The molecule has 0 saturated carbocycles. The van der Waals surface area contributed by atoms with Crippen LogP contribution in [0.15, 0.2) is 52.3 Å². The minimum Gasteiger partial charge on any atom is -0.465 e. The topological polar surface area (TPSA) is 52.6 Å². The second kappa shape index (κ2) is 6.79. The minimum atomic E-state index is -0.892. The lowest BCUT2D eigenvalue weighted by Crippen LogP contribution is -2.27. The maximum Gasteiger partial charge on any atom is 0.351 e. The van der Waals surface area contributed by atoms with Crippen molar-refractivity contribution in [2.24, 2.45) is 0 Å². The van der Waals surface area contributed by atoms with E-state index in [0.717, 1.165) is 20.9 Å². The molecule has 6 heteroatoms. The van der Waals surface area contributed by atoms with E-state index in [2.05, 4.69) is 0 Å². The average Bonchev–Trinajstić information content (AvgIpc) is 2.60. The highest BCUT2D eigenvalue weighted by Gasteiger charge is 2.30. The summed E-state index contributed by atoms with van der Waals surface area (Å²) in [5, 5.41) is 0.620. The van der Waals surface area contributed by atoms with Crippen LogP contribution in [-0.4, -0.2) is 31.0 Å². The van der Waals surface area contributed by atoms with Gasteiger partial charge in [0.2, 0.25) is 0 Å². The average molecular weight is 363 g/mol. The fraction of sp³-hybridized carbons (Fsp3) is 0.167. The Hall–Kier alpha value is -2.11. The third-order valence-electron chi connectivity index (χ3n) is 3.76. The predicted octanol–water partition coefficient (Wildman–Crippen LogP) is 3.45. The first kappa shape index (κ1) is 16.7. The molecule has 3 rings (SSSR count). The number of benzene rings is 2. The Morgan fingerprint density at radius 2 is 1.58 bits per heavy atom. The van der Waals surface area contributed by atoms with Gasteiger partial charge in [0.15, 0.2) is 4.86 Å². The molecule has 0 fully saturated rings. The maximum atomic E-state index is 12.3. The van der Waals surface area contributed by atoms with E-state index in [1.54, 1.807) is 6.07 Å². The summed E-state index contributed by atoms with van der Waals surface area (Å²) in [7, 11) is 1.62. The van der Waals surface area contributed by atoms with E-state index in [4.69, 9.17) is 21.1 Å². The first-order valence-electron chi connectivity index (χ1n) is 7.21. The van der Waals surface area contributed by atoms with Crippen LogP contribution in [0.25, 0.3) is 0 Å². The molecule has 0 aliphatic carbocycles. The van der Waals surface area contributed by atoms with Crippen molar-refractivity contribution in [3.8, 4) is 0 Å². The molecule has 124 valence electrons. The van der Waals surface area contributed by atoms with Crippen LogP contribution in [0.2, 0.25) is 5.02 Å². The molecule has 0 amide bonds. The standard InChI is InChI=1S/C18H15ClO4S/c1-22-17(20)16(18(21)23-2)24-14-6-4-3-5-11(14)9-12-10-13(19)7-8-15(12)24/h3-8,10H,9H2,1-2H3. The molecular weight excluding hydrogens is 348 g/mol. The molecule has 0 aromatic heterocycles. The number of methoxy groups -OCH3 is 2. The Morgan fingerprint density at radius 3 is 2.25 bits per heavy atom. The van der Waals surface area contributed by atoms with Crippen LogP contribution in [0.4, 0.5) is 0 Å². The summed E-state index contributed by atoms with van der Waals surface area (Å²) < 4.78 is 9.69. The highest BCUT2D eigenvalue weighted by atomic mass is 35.5. The van der Waals surface area contributed by atoms with Crippen molar-refractivity contribution in [1.29, 1.82) is 0 Å². The van der Waals surface area contributed by atoms with Gasteiger partial charge in [0.25, 0.3) is 0 Å². The lowest BCUT2D eigenvalue weighted by atomic mass is 10.0. The monoisotopic (exact) mass is 362 g/mol. The largest absolute Gasteiger partial charge is 0.465 e. The fourth-order valence-corrected chi connectivity index (χ4v) is 5.30. The Balaban J connectivity index is 2.39. The highest BCUT2D eigenvalue weighted by Crippen LogP contribution is 2.47. The zero-order chi connectivity index (χ0) is 17.3. The van der Waals surface area contributed by atoms with Gasteiger partial charge < -0.3 is 9.47 Å². The smallest absolute Gasteiger partial charge is 0.351 e. The van der Waals surface area contributed by atoms with Crippen LogP contribution in [0.1, 0.15) is 11.1 Å². The van der Waals surface area contributed by atoms with Crippen molar-refractivity contribution in [2.75, 3.05) is 14.2 Å². The quantitative estimate of drug-likeness (QED) is 0.398. The van der Waals surface area contributed by atoms with Crippen LogP contribution < -0.4 is 0 Å². The summed E-state index contributed by atoms with van der Waals surface area (Å²) >= 11 is 6.12. The van der Waals surface area contributed by atoms with E-state index in [0.29, 0.717) is 11.4 Å². The van der Waals surface area contributed by atoms with Crippen LogP contribution in [0, 0.1) is 0 Å². The van der Waals surface area contributed by atoms with E-state index >= 15 is 0 Å². The van der Waals surface area contributed by atoms with Crippen LogP contribution in [0.3, 0.4) is 0 Å². The van der Waals surface area contributed by atoms with Crippen LogP contribution in [-0.2, 0) is 25.5 Å². The molecule has 0 spiro atoms. The fourth-order valence-electron chi connectivity index (χ4n) is 2.71. The van der Waals surface area contributed by atoms with Gasteiger partial charge in [-0.1, -0.05) is 29.8 Å². The molecule has 2 aromatic carbocycles. The Labute approximate surface area is 147 Å². The number of hydrogen-bond donors (Lipinski definition) is 0. The molecule has 2 aromatic rings. The van der Waals surface area contributed by atoms with Crippen LogP contribution in [0.5, 0.6) is 0 Å². The summed E-state index contributed by atoms with van der Waals surface area (Å²) in [6.45, 7) is 0. The second-order valence-electron chi connectivity index (χ2n) is 5.16. The molecule has 1 aliphatic rings. The Bertz CT molecular complexity index is 855. The second-order valence-corrected chi connectivity index (χ2v) is 7.49. The zero-order valence-electron chi connectivity index (χ0n) is 13.2. The Morgan fingerprint density at radius 1 is 0.958 bits per heavy atom. The van der Waals surface area contributed by atoms with Gasteiger partial charge in [0, 0.05) is 14.8 Å². The molecule has 0 saturated heterocycles. The molecule has 0 N–H and O–H groups in total. The number of carbonyl (C=O) groups excluding carboxylic acids is 2. The zero-order valence-corrected chi connectivity index (χ0v) is 14.7. The lowest BCUT2D eigenvalue weighted by molar-refractivity contribution is -0.137. The number of halogens is 1. The predicted molar refractivity (Wildman–Crippen MR) is 93.9 cm³/mol. The third kappa shape index (κ3) is 2.85. The molecule has 1 unspecified atom stereocenters. The van der Waals surface area contributed by atoms with E-state index in [9.17, 15) is 9.59 Å². The number of carbonyl (C=O) groups is 2. The van der Waals surface area contributed by atoms with Crippen molar-refractivity contribution in [3.05, 3.63) is 58.6 Å². The molecule has 0 bridgehead atoms. The molecule has 1 atom stereocenters. The van der Waals surface area contributed by atoms with Crippen molar-refractivity contribution in [1.82, 2.24) is 0 Å². The number of esters is 2. The SMILES string of the molecule is COC(=O)C(C(=O)OC)=S1c2ccccc2Cc2cc(Cl)ccc21. The van der Waals surface area contributed by atoms with Gasteiger partial charge in [-0.3, -0.25) is 0 Å². The normalized spacial score (nSPS) is 15.0. The van der Waals surface area contributed by atoms with Gasteiger partial charge in [0.05, 0.1) is 14.2 Å². The van der Waals surface area contributed by atoms with Crippen molar-refractivity contribution in [3.63, 3.8) is 0 Å². The van der Waals surface area contributed by atoms with Crippen molar-refractivity contribution < 1.29 is 19.1 Å². The summed E-state index contributed by atoms with van der Waals surface area (Å²) in [6, 6.07) is 13.3. The van der Waals surface area contributed by atoms with Gasteiger partial charge in [-0.2, -0.15) is 0 Å². The first-order chi connectivity index (χ1) is 11.6. The summed E-state index contributed by atoms with van der Waals surface area (Å²) in [4.78, 5) is 26.5. The molecular formula is C18H15ClO4S. The van der Waals surface area contributed by atoms with Gasteiger partial charge in [-0.25, -0.2) is 9.59 Å². The van der Waals surface area contributed by atoms with Crippen LogP contribution >= 0.6 is 22.1 Å². The summed E-state index contributed by atoms with van der Waals surface area (Å²) in [5.74, 6) is -1.36. The van der Waals surface area contributed by atoms with Gasteiger partial charge in [0.1, 0.15) is 0 Å². The summed E-state index contributed by atoms with van der Waals surface area (Å²) in [5.41, 5.74) is 2.05. The lowest BCUT2D eigenvalue weighted by Gasteiger charge is -2.25. The molecule has 1 heterocycles. The van der Waals surface area contributed by atoms with E-state index in [1.165, 1.54) is 14.2 Å². The first-order valence-corrected chi connectivity index (χ1v) is 8.81. The minimum absolute atomic E-state index is 0.00396. The van der Waals surface area contributed by atoms with E-state index in [-0.39, 0.29) is 4.86 Å². The number of hydrogen-bond acceptors (Lipinski definition) is 4. The van der Waals surface area contributed by atoms with E-state index in [1.807, 2.05) is 36.4 Å². The number of ether oxygens (including phenoxy) is 2. The molecule has 1 aliphatic heterocycles. The molecule has 0 radical (unpaired) electrons. The summed E-state index contributed by atoms with van der Waals surface area (Å²) in [6.07, 6.45) is 0.700. The third-order valence-corrected chi connectivity index (χ3v) is 6.41. The van der Waals surface area contributed by atoms with E-state index < -0.39 is 22.4 Å².